The van der Waals surface area contributed by atoms with Crippen LogP contribution in [-0.2, 0) is 6.42 Å². The van der Waals surface area contributed by atoms with Crippen molar-refractivity contribution < 1.29 is 0 Å². The molecule has 2 N–H and O–H groups in total. The number of hydrogen-bond donors (Lipinski definition) is 2. The van der Waals surface area contributed by atoms with E-state index in [4.69, 9.17) is 11.6 Å². The number of nitrogens with zero attached hydrogens (tertiary/aromatic N) is 2. The highest BCUT2D eigenvalue weighted by Crippen LogP contribution is 2.34. The molecule has 0 spiro atoms. The fourth-order valence-electron chi connectivity index (χ4n) is 3.85. The highest BCUT2D eigenvalue weighted by atomic mass is 35.5. The third-order valence-corrected chi connectivity index (χ3v) is 5.64. The number of thiophene rings is 1. The van der Waals surface area contributed by atoms with Crippen molar-refractivity contribution in [1.82, 2.24) is 15.3 Å². The van der Waals surface area contributed by atoms with Gasteiger partial charge in [0, 0.05) is 22.0 Å². The van der Waals surface area contributed by atoms with Gasteiger partial charge in [-0.1, -0.05) is 6.92 Å². The highest BCUT2D eigenvalue weighted by Gasteiger charge is 2.37. The number of rotatable bonds is 3. The third kappa shape index (κ3) is 3.78. The summed E-state index contributed by atoms with van der Waals surface area (Å²) in [6.07, 6.45) is 3.10. The van der Waals surface area contributed by atoms with Crippen LogP contribution >= 0.6 is 22.9 Å². The zero-order valence-corrected chi connectivity index (χ0v) is 16.0. The highest BCUT2D eigenvalue weighted by molar-refractivity contribution is 7.18. The number of anilines is 1. The summed E-state index contributed by atoms with van der Waals surface area (Å²) >= 11 is 7.84. The van der Waals surface area contributed by atoms with Gasteiger partial charge in [-0.05, 0) is 64.6 Å². The molecule has 4 nitrogen and oxygen atoms in total. The van der Waals surface area contributed by atoms with Gasteiger partial charge in [0.25, 0.3) is 0 Å². The van der Waals surface area contributed by atoms with Crippen molar-refractivity contribution in [3.63, 3.8) is 0 Å². The normalized spacial score (nSPS) is 20.8. The summed E-state index contributed by atoms with van der Waals surface area (Å²) in [7, 11) is 0. The van der Waals surface area contributed by atoms with E-state index in [0.717, 1.165) is 35.3 Å². The summed E-state index contributed by atoms with van der Waals surface area (Å²) in [5, 5.41) is 8.76. The molecule has 6 heteroatoms. The van der Waals surface area contributed by atoms with Crippen LogP contribution in [0.4, 0.5) is 5.82 Å². The number of aryl methyl sites for hydroxylation is 1. The van der Waals surface area contributed by atoms with Gasteiger partial charge in [0.05, 0.1) is 5.39 Å². The van der Waals surface area contributed by atoms with Gasteiger partial charge in [0.2, 0.25) is 5.28 Å². The minimum absolute atomic E-state index is 0.0958. The molecule has 0 aromatic carbocycles. The first-order chi connectivity index (χ1) is 10.7. The summed E-state index contributed by atoms with van der Waals surface area (Å²) in [6.45, 7) is 11.2. The Morgan fingerprint density at radius 2 is 1.91 bits per heavy atom. The van der Waals surface area contributed by atoms with Gasteiger partial charge in [0.15, 0.2) is 0 Å². The van der Waals surface area contributed by atoms with Crippen LogP contribution in [0, 0.1) is 0 Å². The van der Waals surface area contributed by atoms with Gasteiger partial charge >= 0.3 is 0 Å². The molecule has 0 radical (unpaired) electrons. The van der Waals surface area contributed by atoms with E-state index in [2.05, 4.69) is 61.3 Å². The lowest BCUT2D eigenvalue weighted by Gasteiger charge is -2.46. The standard InChI is InChI=1S/C17H25ClN4S/c1-6-11-7-12-13(20-15(18)21-14(12)23-11)19-10-8-16(2,3)22-17(4,5)9-10/h7,10,22H,6,8-9H2,1-5H3,(H,19,20,21). The second-order valence-electron chi connectivity index (χ2n) is 7.77. The summed E-state index contributed by atoms with van der Waals surface area (Å²) in [6, 6.07) is 2.55. The molecule has 0 aliphatic carbocycles. The molecule has 0 bridgehead atoms. The van der Waals surface area contributed by atoms with E-state index in [1.165, 1.54) is 4.88 Å². The van der Waals surface area contributed by atoms with Crippen LogP contribution in [0.1, 0.15) is 52.3 Å². The zero-order valence-electron chi connectivity index (χ0n) is 14.5. The molecular weight excluding hydrogens is 328 g/mol. The van der Waals surface area contributed by atoms with Crippen LogP contribution in [-0.4, -0.2) is 27.1 Å². The summed E-state index contributed by atoms with van der Waals surface area (Å²) in [4.78, 5) is 11.1. The van der Waals surface area contributed by atoms with E-state index < -0.39 is 0 Å². The Morgan fingerprint density at radius 3 is 2.52 bits per heavy atom. The van der Waals surface area contributed by atoms with Crippen molar-refractivity contribution >= 4 is 39.0 Å². The molecule has 0 unspecified atom stereocenters. The molecular formula is C17H25ClN4S. The van der Waals surface area contributed by atoms with Crippen LogP contribution in [0.5, 0.6) is 0 Å². The van der Waals surface area contributed by atoms with Crippen LogP contribution in [0.25, 0.3) is 10.2 Å². The van der Waals surface area contributed by atoms with Crippen molar-refractivity contribution in [2.24, 2.45) is 0 Å². The van der Waals surface area contributed by atoms with E-state index >= 15 is 0 Å². The molecule has 1 aliphatic heterocycles. The van der Waals surface area contributed by atoms with Crippen molar-refractivity contribution in [2.45, 2.75) is 71.0 Å². The Hall–Kier alpha value is -0.910. The maximum absolute atomic E-state index is 6.14. The maximum atomic E-state index is 6.14. The van der Waals surface area contributed by atoms with Gasteiger partial charge in [-0.25, -0.2) is 9.97 Å². The second kappa shape index (κ2) is 5.87. The third-order valence-electron chi connectivity index (χ3n) is 4.30. The largest absolute Gasteiger partial charge is 0.367 e. The van der Waals surface area contributed by atoms with E-state index in [1.807, 2.05) is 0 Å². The smallest absolute Gasteiger partial charge is 0.225 e. The van der Waals surface area contributed by atoms with Crippen molar-refractivity contribution in [3.05, 3.63) is 16.2 Å². The lowest BCUT2D eigenvalue weighted by molar-refractivity contribution is 0.170. The molecule has 23 heavy (non-hydrogen) atoms. The Bertz CT molecular complexity index is 707. The number of aromatic nitrogens is 2. The Kier molecular flexibility index (Phi) is 4.32. The molecule has 0 saturated carbocycles. The molecule has 0 amide bonds. The monoisotopic (exact) mass is 352 g/mol. The molecule has 3 heterocycles. The van der Waals surface area contributed by atoms with Crippen molar-refractivity contribution in [3.8, 4) is 0 Å². The van der Waals surface area contributed by atoms with E-state index in [1.54, 1.807) is 11.3 Å². The fraction of sp³-hybridized carbons (Fsp3) is 0.647. The molecule has 1 aliphatic rings. The van der Waals surface area contributed by atoms with Crippen LogP contribution < -0.4 is 10.6 Å². The van der Waals surface area contributed by atoms with Crippen molar-refractivity contribution in [1.29, 1.82) is 0 Å². The molecule has 0 atom stereocenters. The maximum Gasteiger partial charge on any atom is 0.225 e. The Labute approximate surface area is 147 Å². The summed E-state index contributed by atoms with van der Waals surface area (Å²) in [5.41, 5.74) is 0.192. The molecule has 2 aromatic rings. The predicted octanol–water partition coefficient (Wildman–Crippen LogP) is 4.63. The number of hydrogen-bond acceptors (Lipinski definition) is 5. The van der Waals surface area contributed by atoms with Crippen LogP contribution in [0.3, 0.4) is 0 Å². The lowest BCUT2D eigenvalue weighted by atomic mass is 9.79. The first-order valence-corrected chi connectivity index (χ1v) is 9.39. The zero-order chi connectivity index (χ0) is 16.8. The van der Waals surface area contributed by atoms with Gasteiger partial charge < -0.3 is 10.6 Å². The van der Waals surface area contributed by atoms with Crippen LogP contribution in [0.15, 0.2) is 6.07 Å². The fourth-order valence-corrected chi connectivity index (χ4v) is 5.03. The Balaban J connectivity index is 1.93. The predicted molar refractivity (Wildman–Crippen MR) is 99.7 cm³/mol. The Morgan fingerprint density at radius 1 is 1.26 bits per heavy atom. The number of fused-ring (bicyclic) bond motifs is 1. The minimum atomic E-state index is 0.0958. The molecule has 1 fully saturated rings. The first-order valence-electron chi connectivity index (χ1n) is 8.19. The van der Waals surface area contributed by atoms with E-state index in [0.29, 0.717) is 11.3 Å². The molecule has 1 saturated heterocycles. The quantitative estimate of drug-likeness (QED) is 0.791. The topological polar surface area (TPSA) is 49.8 Å². The molecule has 3 rings (SSSR count). The van der Waals surface area contributed by atoms with Gasteiger partial charge in [-0.15, -0.1) is 11.3 Å². The second-order valence-corrected chi connectivity index (χ2v) is 9.22. The first kappa shape index (κ1) is 16.9. The number of halogens is 1. The average Bonchev–Trinajstić information content (AvgIpc) is 2.77. The SMILES string of the molecule is CCc1cc2c(NC3CC(C)(C)NC(C)(C)C3)nc(Cl)nc2s1. The number of piperidine rings is 1. The summed E-state index contributed by atoms with van der Waals surface area (Å²) in [5.74, 6) is 0.870. The van der Waals surface area contributed by atoms with Crippen molar-refractivity contribution in [2.75, 3.05) is 5.32 Å². The van der Waals surface area contributed by atoms with Gasteiger partial charge in [-0.3, -0.25) is 0 Å². The van der Waals surface area contributed by atoms with E-state index in [9.17, 15) is 0 Å². The lowest BCUT2D eigenvalue weighted by Crippen LogP contribution is -2.60. The number of nitrogens with one attached hydrogen (secondary N) is 2. The van der Waals surface area contributed by atoms with Gasteiger partial charge in [-0.2, -0.15) is 0 Å². The average molecular weight is 353 g/mol. The van der Waals surface area contributed by atoms with E-state index in [-0.39, 0.29) is 11.1 Å². The van der Waals surface area contributed by atoms with Gasteiger partial charge in [0.1, 0.15) is 10.6 Å². The summed E-state index contributed by atoms with van der Waals surface area (Å²) < 4.78 is 0. The van der Waals surface area contributed by atoms with Crippen LogP contribution in [0.2, 0.25) is 5.28 Å². The molecule has 2 aromatic heterocycles. The minimum Gasteiger partial charge on any atom is -0.367 e. The molecule has 126 valence electrons.